The van der Waals surface area contributed by atoms with E-state index >= 15 is 0 Å². The zero-order chi connectivity index (χ0) is 7.42. The highest BCUT2D eigenvalue weighted by Gasteiger charge is 2.27. The summed E-state index contributed by atoms with van der Waals surface area (Å²) in [5.41, 5.74) is 4.09. The van der Waals surface area contributed by atoms with Crippen molar-refractivity contribution in [2.24, 2.45) is 0 Å². The second-order valence-electron chi connectivity index (χ2n) is 3.16. The summed E-state index contributed by atoms with van der Waals surface area (Å²) >= 11 is 0. The van der Waals surface area contributed by atoms with Crippen molar-refractivity contribution in [3.63, 3.8) is 0 Å². The van der Waals surface area contributed by atoms with Gasteiger partial charge in [0.2, 0.25) is 0 Å². The van der Waals surface area contributed by atoms with Gasteiger partial charge in [0, 0.05) is 12.0 Å². The molecule has 2 aliphatic carbocycles. The van der Waals surface area contributed by atoms with Crippen molar-refractivity contribution in [1.29, 1.82) is 0 Å². The van der Waals surface area contributed by atoms with E-state index in [4.69, 9.17) is 4.42 Å². The maximum Gasteiger partial charge on any atom is 0.138 e. The van der Waals surface area contributed by atoms with Gasteiger partial charge in [0.25, 0.3) is 0 Å². The number of furan rings is 1. The average molecular weight is 144 g/mol. The standard InChI is InChI=1S/C10H8O/c1-6-4-9-7-2-3-8(5-7)10(9)11-6/h2-4H,5H2,1H3. The van der Waals surface area contributed by atoms with Crippen LogP contribution in [0, 0.1) is 6.92 Å². The number of rotatable bonds is 0. The van der Waals surface area contributed by atoms with Gasteiger partial charge in [-0.15, -0.1) is 0 Å². The lowest BCUT2D eigenvalue weighted by atomic mass is 10.1. The molecule has 1 heteroatoms. The third kappa shape index (κ3) is 0.519. The largest absolute Gasteiger partial charge is 0.461 e. The summed E-state index contributed by atoms with van der Waals surface area (Å²) in [7, 11) is 0. The fourth-order valence-corrected chi connectivity index (χ4v) is 1.86. The highest BCUT2D eigenvalue weighted by Crippen LogP contribution is 2.45. The van der Waals surface area contributed by atoms with E-state index in [9.17, 15) is 0 Å². The maximum atomic E-state index is 5.55. The maximum absolute atomic E-state index is 5.55. The van der Waals surface area contributed by atoms with Gasteiger partial charge >= 0.3 is 0 Å². The number of fused-ring (bicyclic) bond motifs is 5. The predicted molar refractivity (Wildman–Crippen MR) is 44.0 cm³/mol. The summed E-state index contributed by atoms with van der Waals surface area (Å²) in [6, 6.07) is 2.13. The molecule has 0 saturated heterocycles. The van der Waals surface area contributed by atoms with Gasteiger partial charge in [-0.25, -0.2) is 0 Å². The molecule has 11 heavy (non-hydrogen) atoms. The van der Waals surface area contributed by atoms with Crippen molar-refractivity contribution in [2.75, 3.05) is 0 Å². The molecule has 1 aromatic heterocycles. The van der Waals surface area contributed by atoms with Crippen LogP contribution in [-0.4, -0.2) is 0 Å². The molecule has 1 nitrogen and oxygen atoms in total. The molecule has 0 amide bonds. The minimum absolute atomic E-state index is 1.02. The Hall–Kier alpha value is -1.24. The molecule has 1 aromatic rings. The van der Waals surface area contributed by atoms with Crippen molar-refractivity contribution >= 4 is 11.1 Å². The molecule has 54 valence electrons. The second-order valence-corrected chi connectivity index (χ2v) is 3.16. The first-order valence-electron chi connectivity index (χ1n) is 3.85. The smallest absolute Gasteiger partial charge is 0.138 e. The van der Waals surface area contributed by atoms with E-state index in [1.807, 2.05) is 6.92 Å². The van der Waals surface area contributed by atoms with Crippen LogP contribution in [-0.2, 0) is 0 Å². The van der Waals surface area contributed by atoms with Gasteiger partial charge in [-0.05, 0) is 24.1 Å². The quantitative estimate of drug-likeness (QED) is 0.545. The van der Waals surface area contributed by atoms with Gasteiger partial charge in [-0.3, -0.25) is 0 Å². The Morgan fingerprint density at radius 3 is 2.91 bits per heavy atom. The third-order valence-corrected chi connectivity index (χ3v) is 2.36. The van der Waals surface area contributed by atoms with E-state index in [1.54, 1.807) is 0 Å². The molecule has 0 radical (unpaired) electrons. The van der Waals surface area contributed by atoms with Crippen molar-refractivity contribution < 1.29 is 4.42 Å². The fourth-order valence-electron chi connectivity index (χ4n) is 1.86. The van der Waals surface area contributed by atoms with Crippen LogP contribution in [0.1, 0.15) is 23.5 Å². The molecular formula is C10H8O. The Labute approximate surface area is 65.0 Å². The van der Waals surface area contributed by atoms with E-state index in [0.29, 0.717) is 0 Å². The van der Waals surface area contributed by atoms with Gasteiger partial charge in [-0.1, -0.05) is 12.2 Å². The number of hydrogen-bond acceptors (Lipinski definition) is 1. The van der Waals surface area contributed by atoms with Gasteiger partial charge in [0.15, 0.2) is 0 Å². The predicted octanol–water partition coefficient (Wildman–Crippen LogP) is 2.77. The second kappa shape index (κ2) is 1.50. The average Bonchev–Trinajstić information content (AvgIpc) is 2.53. The van der Waals surface area contributed by atoms with Gasteiger partial charge in [-0.2, -0.15) is 0 Å². The molecule has 0 fully saturated rings. The minimum Gasteiger partial charge on any atom is -0.461 e. The van der Waals surface area contributed by atoms with Crippen molar-refractivity contribution in [2.45, 2.75) is 13.3 Å². The van der Waals surface area contributed by atoms with Crippen LogP contribution in [0.5, 0.6) is 0 Å². The molecule has 1 heterocycles. The fraction of sp³-hybridized carbons (Fsp3) is 0.200. The van der Waals surface area contributed by atoms with Crippen molar-refractivity contribution in [3.8, 4) is 0 Å². The van der Waals surface area contributed by atoms with E-state index in [-0.39, 0.29) is 0 Å². The van der Waals surface area contributed by atoms with Crippen LogP contribution in [0.4, 0.5) is 0 Å². The lowest BCUT2D eigenvalue weighted by Crippen LogP contribution is -1.73. The molecule has 0 aliphatic heterocycles. The highest BCUT2D eigenvalue weighted by atomic mass is 16.3. The number of allylic oxidation sites excluding steroid dienone is 4. The van der Waals surface area contributed by atoms with E-state index in [1.165, 1.54) is 16.7 Å². The first-order chi connectivity index (χ1) is 5.34. The number of hydrogen-bond donors (Lipinski definition) is 0. The molecule has 3 rings (SSSR count). The monoisotopic (exact) mass is 144 g/mol. The van der Waals surface area contributed by atoms with Crippen molar-refractivity contribution in [3.05, 3.63) is 35.3 Å². The topological polar surface area (TPSA) is 13.1 Å². The summed E-state index contributed by atoms with van der Waals surface area (Å²) in [5.74, 6) is 2.13. The molecule has 0 N–H and O–H groups in total. The van der Waals surface area contributed by atoms with E-state index in [0.717, 1.165) is 17.9 Å². The van der Waals surface area contributed by atoms with Gasteiger partial charge in [0.05, 0.1) is 0 Å². The Bertz CT molecular complexity index is 356. The normalized spacial score (nSPS) is 18.3. The SMILES string of the molecule is Cc1cc2c(o1)C1=CC=C2C1. The zero-order valence-corrected chi connectivity index (χ0v) is 6.35. The zero-order valence-electron chi connectivity index (χ0n) is 6.35. The first-order valence-corrected chi connectivity index (χ1v) is 3.85. The first kappa shape index (κ1) is 5.42. The van der Waals surface area contributed by atoms with Gasteiger partial charge in [0.1, 0.15) is 11.5 Å². The summed E-state index contributed by atoms with van der Waals surface area (Å²) in [5, 5.41) is 0. The summed E-state index contributed by atoms with van der Waals surface area (Å²) in [6.07, 6.45) is 5.43. The van der Waals surface area contributed by atoms with Gasteiger partial charge < -0.3 is 4.42 Å². The Balaban J connectivity index is 2.39. The minimum atomic E-state index is 1.02. The Morgan fingerprint density at radius 2 is 2.09 bits per heavy atom. The van der Waals surface area contributed by atoms with Crippen LogP contribution < -0.4 is 0 Å². The van der Waals surface area contributed by atoms with Crippen LogP contribution >= 0.6 is 0 Å². The van der Waals surface area contributed by atoms with Crippen LogP contribution in [0.25, 0.3) is 11.1 Å². The summed E-state index contributed by atoms with van der Waals surface area (Å²) < 4.78 is 5.55. The van der Waals surface area contributed by atoms with Crippen molar-refractivity contribution in [1.82, 2.24) is 0 Å². The van der Waals surface area contributed by atoms with E-state index < -0.39 is 0 Å². The molecule has 0 atom stereocenters. The van der Waals surface area contributed by atoms with E-state index in [2.05, 4.69) is 18.2 Å². The lowest BCUT2D eigenvalue weighted by molar-refractivity contribution is 0.522. The van der Waals surface area contributed by atoms with Crippen LogP contribution in [0.15, 0.2) is 22.6 Å². The Morgan fingerprint density at radius 1 is 1.27 bits per heavy atom. The molecule has 2 bridgehead atoms. The summed E-state index contributed by atoms with van der Waals surface area (Å²) in [6.45, 7) is 2.00. The molecule has 0 unspecified atom stereocenters. The molecule has 0 spiro atoms. The molecule has 0 saturated carbocycles. The molecule has 0 aromatic carbocycles. The molecule has 2 aliphatic rings. The number of aryl methyl sites for hydroxylation is 1. The lowest BCUT2D eigenvalue weighted by Gasteiger charge is -1.91. The Kier molecular flexibility index (Phi) is 0.738. The van der Waals surface area contributed by atoms with Crippen LogP contribution in [0.2, 0.25) is 0 Å². The van der Waals surface area contributed by atoms with Crippen LogP contribution in [0.3, 0.4) is 0 Å². The third-order valence-electron chi connectivity index (χ3n) is 2.36. The molecular weight excluding hydrogens is 136 g/mol. The highest BCUT2D eigenvalue weighted by molar-refractivity contribution is 5.96. The summed E-state index contributed by atoms with van der Waals surface area (Å²) in [4.78, 5) is 0.